The lowest BCUT2D eigenvalue weighted by Crippen LogP contribution is -2.26. The highest BCUT2D eigenvalue weighted by atomic mass is 16.1. The molecule has 1 aromatic carbocycles. The molecule has 2 rings (SSSR count). The van der Waals surface area contributed by atoms with Gasteiger partial charge in [0.25, 0.3) is 0 Å². The van der Waals surface area contributed by atoms with Crippen LogP contribution in [0.4, 0.5) is 0 Å². The van der Waals surface area contributed by atoms with Crippen molar-refractivity contribution in [3.63, 3.8) is 0 Å². The zero-order valence-corrected chi connectivity index (χ0v) is 11.9. The zero-order valence-electron chi connectivity index (χ0n) is 11.9. The van der Waals surface area contributed by atoms with Crippen molar-refractivity contribution in [3.8, 4) is 5.69 Å². The normalized spacial score (nSPS) is 12.1. The van der Waals surface area contributed by atoms with E-state index in [2.05, 4.69) is 22.3 Å². The van der Waals surface area contributed by atoms with Gasteiger partial charge in [0.2, 0.25) is 5.91 Å². The maximum Gasteiger partial charge on any atom is 0.220 e. The molecule has 0 saturated heterocycles. The van der Waals surface area contributed by atoms with Gasteiger partial charge >= 0.3 is 0 Å². The van der Waals surface area contributed by atoms with Crippen LogP contribution in [-0.2, 0) is 4.79 Å². The minimum atomic E-state index is 0.0177. The lowest BCUT2D eigenvalue weighted by molar-refractivity contribution is -0.121. The number of nitrogens with one attached hydrogen (secondary N) is 1. The van der Waals surface area contributed by atoms with E-state index < -0.39 is 0 Å². The topological polar surface area (TPSA) is 59.8 Å². The van der Waals surface area contributed by atoms with Crippen LogP contribution in [0, 0.1) is 0 Å². The molecule has 5 nitrogen and oxygen atoms in total. The molecular weight excluding hydrogens is 252 g/mol. The lowest BCUT2D eigenvalue weighted by atomic mass is 10.1. The van der Waals surface area contributed by atoms with Gasteiger partial charge < -0.3 is 5.32 Å². The molecule has 0 saturated carbocycles. The van der Waals surface area contributed by atoms with Crippen molar-refractivity contribution in [2.45, 2.75) is 39.2 Å². The van der Waals surface area contributed by atoms with Crippen LogP contribution < -0.4 is 5.32 Å². The molecule has 20 heavy (non-hydrogen) atoms. The van der Waals surface area contributed by atoms with Crippen molar-refractivity contribution in [1.29, 1.82) is 0 Å². The van der Waals surface area contributed by atoms with Crippen molar-refractivity contribution in [1.82, 2.24) is 20.1 Å². The molecule has 5 heteroatoms. The van der Waals surface area contributed by atoms with E-state index in [1.807, 2.05) is 31.2 Å². The monoisotopic (exact) mass is 272 g/mol. The Kier molecular flexibility index (Phi) is 4.87. The molecule has 106 valence electrons. The molecule has 0 bridgehead atoms. The Morgan fingerprint density at radius 3 is 2.70 bits per heavy atom. The second kappa shape index (κ2) is 6.84. The third-order valence-electron chi connectivity index (χ3n) is 3.21. The summed E-state index contributed by atoms with van der Waals surface area (Å²) in [5, 5.41) is 7.09. The average molecular weight is 272 g/mol. The highest BCUT2D eigenvalue weighted by molar-refractivity contribution is 5.76. The third-order valence-corrected chi connectivity index (χ3v) is 3.21. The van der Waals surface area contributed by atoms with Gasteiger partial charge in [-0.3, -0.25) is 4.79 Å². The standard InChI is InChI=1S/C15H20N4O/c1-3-4-5-15(20)18-12(2)13-6-8-14(9-7-13)19-11-16-10-17-19/h6-12H,3-5H2,1-2H3,(H,18,20). The number of hydrogen-bond acceptors (Lipinski definition) is 3. The maximum atomic E-state index is 11.7. The van der Waals surface area contributed by atoms with E-state index in [1.165, 1.54) is 6.33 Å². The van der Waals surface area contributed by atoms with Gasteiger partial charge in [-0.2, -0.15) is 5.10 Å². The second-order valence-electron chi connectivity index (χ2n) is 4.82. The van der Waals surface area contributed by atoms with Crippen LogP contribution in [0.15, 0.2) is 36.9 Å². The van der Waals surface area contributed by atoms with Crippen molar-refractivity contribution >= 4 is 5.91 Å². The summed E-state index contributed by atoms with van der Waals surface area (Å²) in [6, 6.07) is 7.96. The average Bonchev–Trinajstić information content (AvgIpc) is 2.99. The Bertz CT molecular complexity index is 534. The van der Waals surface area contributed by atoms with Gasteiger partial charge in [-0.15, -0.1) is 0 Å². The summed E-state index contributed by atoms with van der Waals surface area (Å²) in [5.41, 5.74) is 2.04. The van der Waals surface area contributed by atoms with Crippen LogP contribution in [0.3, 0.4) is 0 Å². The first-order chi connectivity index (χ1) is 9.70. The molecule has 0 aliphatic rings. The van der Waals surface area contributed by atoms with Gasteiger partial charge in [0, 0.05) is 6.42 Å². The van der Waals surface area contributed by atoms with Crippen LogP contribution in [0.1, 0.15) is 44.7 Å². The molecule has 1 aromatic heterocycles. The number of nitrogens with zero attached hydrogens (tertiary/aromatic N) is 3. The number of unbranched alkanes of at least 4 members (excludes halogenated alkanes) is 1. The highest BCUT2D eigenvalue weighted by Gasteiger charge is 2.09. The molecular formula is C15H20N4O. The van der Waals surface area contributed by atoms with E-state index in [4.69, 9.17) is 0 Å². The van der Waals surface area contributed by atoms with E-state index in [-0.39, 0.29) is 11.9 Å². The highest BCUT2D eigenvalue weighted by Crippen LogP contribution is 2.15. The molecule has 1 N–H and O–H groups in total. The largest absolute Gasteiger partial charge is 0.350 e. The quantitative estimate of drug-likeness (QED) is 0.879. The maximum absolute atomic E-state index is 11.7. The lowest BCUT2D eigenvalue weighted by Gasteiger charge is -2.14. The SMILES string of the molecule is CCCCC(=O)NC(C)c1ccc(-n2cncn2)cc1. The Balaban J connectivity index is 1.97. The molecule has 0 radical (unpaired) electrons. The Hall–Kier alpha value is -2.17. The Morgan fingerprint density at radius 2 is 2.10 bits per heavy atom. The summed E-state index contributed by atoms with van der Waals surface area (Å²) >= 11 is 0. The van der Waals surface area contributed by atoms with E-state index in [0.717, 1.165) is 24.1 Å². The first-order valence-electron chi connectivity index (χ1n) is 6.95. The molecule has 0 aliphatic heterocycles. The van der Waals surface area contributed by atoms with Crippen LogP contribution in [0.2, 0.25) is 0 Å². The van der Waals surface area contributed by atoms with E-state index in [1.54, 1.807) is 11.0 Å². The molecule has 2 aromatic rings. The van der Waals surface area contributed by atoms with Gasteiger partial charge in [0.15, 0.2) is 0 Å². The number of benzene rings is 1. The van der Waals surface area contributed by atoms with Gasteiger partial charge in [-0.1, -0.05) is 25.5 Å². The Labute approximate surface area is 119 Å². The van der Waals surface area contributed by atoms with Crippen LogP contribution in [-0.4, -0.2) is 20.7 Å². The molecule has 1 heterocycles. The van der Waals surface area contributed by atoms with Gasteiger partial charge in [-0.25, -0.2) is 9.67 Å². The summed E-state index contributed by atoms with van der Waals surface area (Å²) in [6.45, 7) is 4.08. The second-order valence-corrected chi connectivity index (χ2v) is 4.82. The molecule has 1 unspecified atom stereocenters. The predicted octanol–water partition coefficient (Wildman–Crippen LogP) is 2.63. The summed E-state index contributed by atoms with van der Waals surface area (Å²) < 4.78 is 1.70. The van der Waals surface area contributed by atoms with Crippen molar-refractivity contribution in [2.24, 2.45) is 0 Å². The predicted molar refractivity (Wildman–Crippen MR) is 77.4 cm³/mol. The van der Waals surface area contributed by atoms with Gasteiger partial charge in [0.05, 0.1) is 11.7 Å². The fraction of sp³-hybridized carbons (Fsp3) is 0.400. The van der Waals surface area contributed by atoms with E-state index in [0.29, 0.717) is 6.42 Å². The van der Waals surface area contributed by atoms with Crippen molar-refractivity contribution in [3.05, 3.63) is 42.5 Å². The minimum absolute atomic E-state index is 0.0177. The summed E-state index contributed by atoms with van der Waals surface area (Å²) in [7, 11) is 0. The van der Waals surface area contributed by atoms with Crippen LogP contribution in [0.5, 0.6) is 0 Å². The number of carbonyl (C=O) groups excluding carboxylic acids is 1. The van der Waals surface area contributed by atoms with E-state index >= 15 is 0 Å². The fourth-order valence-electron chi connectivity index (χ4n) is 1.99. The molecule has 0 fully saturated rings. The minimum Gasteiger partial charge on any atom is -0.350 e. The van der Waals surface area contributed by atoms with E-state index in [9.17, 15) is 4.79 Å². The molecule has 0 aliphatic carbocycles. The van der Waals surface area contributed by atoms with Crippen molar-refractivity contribution < 1.29 is 4.79 Å². The number of rotatable bonds is 6. The number of hydrogen-bond donors (Lipinski definition) is 1. The summed E-state index contributed by atoms with van der Waals surface area (Å²) in [6.07, 6.45) is 5.73. The van der Waals surface area contributed by atoms with Crippen molar-refractivity contribution in [2.75, 3.05) is 0 Å². The molecule has 0 spiro atoms. The third kappa shape index (κ3) is 3.66. The van der Waals surface area contributed by atoms with Crippen LogP contribution in [0.25, 0.3) is 5.69 Å². The number of amides is 1. The molecule has 1 atom stereocenters. The number of aromatic nitrogens is 3. The molecule has 1 amide bonds. The summed E-state index contributed by atoms with van der Waals surface area (Å²) in [4.78, 5) is 15.6. The van der Waals surface area contributed by atoms with Crippen LogP contribution >= 0.6 is 0 Å². The van der Waals surface area contributed by atoms with Gasteiger partial charge in [-0.05, 0) is 31.0 Å². The smallest absolute Gasteiger partial charge is 0.220 e. The Morgan fingerprint density at radius 1 is 1.35 bits per heavy atom. The first kappa shape index (κ1) is 14.2. The number of carbonyl (C=O) groups is 1. The first-order valence-corrected chi connectivity index (χ1v) is 6.95. The fourth-order valence-corrected chi connectivity index (χ4v) is 1.99. The van der Waals surface area contributed by atoms with Gasteiger partial charge in [0.1, 0.15) is 12.7 Å². The summed E-state index contributed by atoms with van der Waals surface area (Å²) in [5.74, 6) is 0.111. The zero-order chi connectivity index (χ0) is 14.4.